The number of aryl methyl sites for hydroxylation is 1. The molecule has 5 heteroatoms. The molecule has 2 aliphatic rings. The van der Waals surface area contributed by atoms with Gasteiger partial charge in [0.15, 0.2) is 0 Å². The summed E-state index contributed by atoms with van der Waals surface area (Å²) in [5.41, 5.74) is 5.16. The average Bonchev–Trinajstić information content (AvgIpc) is 3.26. The van der Waals surface area contributed by atoms with Gasteiger partial charge in [0.25, 0.3) is 0 Å². The first-order valence-electron chi connectivity index (χ1n) is 11.8. The van der Waals surface area contributed by atoms with Gasteiger partial charge >= 0.3 is 5.97 Å². The van der Waals surface area contributed by atoms with Crippen molar-refractivity contribution >= 4 is 16.9 Å². The van der Waals surface area contributed by atoms with Crippen LogP contribution in [0.1, 0.15) is 65.2 Å². The van der Waals surface area contributed by atoms with E-state index in [2.05, 4.69) is 28.9 Å². The highest BCUT2D eigenvalue weighted by molar-refractivity contribution is 5.88. The standard InChI is InChI=1S/C27H32N2O3/c1-17-14-25(32-2)23(22-10-12-28-26(17)22)16-29-13-11-21(18-4-3-5-18)15-24(29)19-6-8-20(9-7-19)27(30)31/h6-10,12,14,18,21,24,28H,3-5,11,13,15-16H2,1-2H3,(H,30,31)/t21-,24?/m0/s1. The second kappa shape index (κ2) is 8.62. The Morgan fingerprint density at radius 3 is 2.59 bits per heavy atom. The number of hydrogen-bond donors (Lipinski definition) is 2. The molecule has 1 unspecified atom stereocenters. The number of aromatic carboxylic acids is 1. The van der Waals surface area contributed by atoms with Gasteiger partial charge < -0.3 is 14.8 Å². The summed E-state index contributed by atoms with van der Waals surface area (Å²) < 4.78 is 5.81. The molecule has 2 atom stereocenters. The molecule has 0 bridgehead atoms. The number of aromatic nitrogens is 1. The summed E-state index contributed by atoms with van der Waals surface area (Å²) in [7, 11) is 1.75. The molecule has 1 aliphatic heterocycles. The molecule has 32 heavy (non-hydrogen) atoms. The zero-order chi connectivity index (χ0) is 22.2. The van der Waals surface area contributed by atoms with E-state index in [1.165, 1.54) is 53.3 Å². The molecular weight excluding hydrogens is 400 g/mol. The fraction of sp³-hybridized carbons (Fsp3) is 0.444. The van der Waals surface area contributed by atoms with Crippen molar-refractivity contribution in [2.45, 2.75) is 51.6 Å². The van der Waals surface area contributed by atoms with E-state index in [4.69, 9.17) is 4.74 Å². The Labute approximate surface area is 189 Å². The summed E-state index contributed by atoms with van der Waals surface area (Å²) in [4.78, 5) is 17.3. The minimum atomic E-state index is -0.872. The van der Waals surface area contributed by atoms with Gasteiger partial charge in [-0.3, -0.25) is 4.90 Å². The van der Waals surface area contributed by atoms with Gasteiger partial charge in [0.1, 0.15) is 5.75 Å². The largest absolute Gasteiger partial charge is 0.496 e. The van der Waals surface area contributed by atoms with E-state index in [0.29, 0.717) is 5.56 Å². The van der Waals surface area contributed by atoms with Crippen molar-refractivity contribution in [1.82, 2.24) is 9.88 Å². The van der Waals surface area contributed by atoms with Crippen molar-refractivity contribution in [3.05, 3.63) is 64.8 Å². The zero-order valence-corrected chi connectivity index (χ0v) is 18.9. The topological polar surface area (TPSA) is 65.6 Å². The first-order valence-corrected chi connectivity index (χ1v) is 11.8. The van der Waals surface area contributed by atoms with E-state index in [1.807, 2.05) is 18.3 Å². The highest BCUT2D eigenvalue weighted by Gasteiger charge is 2.36. The van der Waals surface area contributed by atoms with Crippen LogP contribution in [-0.2, 0) is 6.54 Å². The highest BCUT2D eigenvalue weighted by atomic mass is 16.5. The van der Waals surface area contributed by atoms with Gasteiger partial charge in [0, 0.05) is 35.2 Å². The first-order chi connectivity index (χ1) is 15.5. The predicted molar refractivity (Wildman–Crippen MR) is 126 cm³/mol. The zero-order valence-electron chi connectivity index (χ0n) is 18.9. The van der Waals surface area contributed by atoms with Gasteiger partial charge in [0.2, 0.25) is 0 Å². The van der Waals surface area contributed by atoms with Crippen molar-refractivity contribution in [2.75, 3.05) is 13.7 Å². The van der Waals surface area contributed by atoms with E-state index >= 15 is 0 Å². The van der Waals surface area contributed by atoms with Crippen LogP contribution in [0.25, 0.3) is 10.9 Å². The Morgan fingerprint density at radius 1 is 1.16 bits per heavy atom. The Balaban J connectivity index is 1.49. The minimum Gasteiger partial charge on any atom is -0.496 e. The number of methoxy groups -OCH3 is 1. The number of H-pyrrole nitrogens is 1. The lowest BCUT2D eigenvalue weighted by Crippen LogP contribution is -2.39. The highest BCUT2D eigenvalue weighted by Crippen LogP contribution is 2.45. The molecule has 5 rings (SSSR count). The molecule has 168 valence electrons. The summed E-state index contributed by atoms with van der Waals surface area (Å²) in [6, 6.07) is 12.1. The number of rotatable bonds is 6. The van der Waals surface area contributed by atoms with Crippen LogP contribution in [0.3, 0.4) is 0 Å². The number of carboxylic acid groups (broad SMARTS) is 1. The molecule has 3 aromatic rings. The Hall–Kier alpha value is -2.79. The second-order valence-corrected chi connectivity index (χ2v) is 9.53. The molecule has 1 aromatic heterocycles. The van der Waals surface area contributed by atoms with Crippen molar-refractivity contribution in [1.29, 1.82) is 0 Å². The number of carbonyl (C=O) groups is 1. The lowest BCUT2D eigenvalue weighted by molar-refractivity contribution is 0.0555. The van der Waals surface area contributed by atoms with Crippen LogP contribution in [0.5, 0.6) is 5.75 Å². The van der Waals surface area contributed by atoms with Gasteiger partial charge in [-0.25, -0.2) is 4.79 Å². The van der Waals surface area contributed by atoms with Gasteiger partial charge in [-0.2, -0.15) is 0 Å². The van der Waals surface area contributed by atoms with Gasteiger partial charge in [-0.05, 0) is 73.5 Å². The SMILES string of the molecule is COc1cc(C)c2[nH]ccc2c1CN1CC[C@H](C2CCC2)CC1c1ccc(C(=O)O)cc1. The lowest BCUT2D eigenvalue weighted by atomic mass is 9.70. The Bertz CT molecular complexity index is 1110. The fourth-order valence-electron chi connectivity index (χ4n) is 5.75. The van der Waals surface area contributed by atoms with Crippen LogP contribution in [0, 0.1) is 18.8 Å². The average molecular weight is 433 g/mol. The maximum Gasteiger partial charge on any atom is 0.335 e. The number of piperidine rings is 1. The van der Waals surface area contributed by atoms with E-state index < -0.39 is 5.97 Å². The van der Waals surface area contributed by atoms with Crippen molar-refractivity contribution in [2.24, 2.45) is 11.8 Å². The maximum absolute atomic E-state index is 11.4. The molecule has 1 aliphatic carbocycles. The number of fused-ring (bicyclic) bond motifs is 1. The first kappa shape index (κ1) is 21.1. The predicted octanol–water partition coefficient (Wildman–Crippen LogP) is 5.94. The third-order valence-electron chi connectivity index (χ3n) is 7.81. The van der Waals surface area contributed by atoms with Gasteiger partial charge in [-0.1, -0.05) is 31.4 Å². The molecule has 1 saturated carbocycles. The van der Waals surface area contributed by atoms with E-state index in [0.717, 1.165) is 37.1 Å². The molecule has 2 N–H and O–H groups in total. The Morgan fingerprint density at radius 2 is 1.94 bits per heavy atom. The maximum atomic E-state index is 11.4. The number of ether oxygens (including phenoxy) is 1. The minimum absolute atomic E-state index is 0.289. The van der Waals surface area contributed by atoms with Gasteiger partial charge in [0.05, 0.1) is 12.7 Å². The summed E-state index contributed by atoms with van der Waals surface area (Å²) in [5.74, 6) is 1.69. The molecule has 2 fully saturated rings. The molecule has 1 saturated heterocycles. The number of aromatic amines is 1. The number of benzene rings is 2. The summed E-state index contributed by atoms with van der Waals surface area (Å²) in [5, 5.41) is 10.5. The number of likely N-dealkylation sites (tertiary alicyclic amines) is 1. The normalized spacial score (nSPS) is 22.1. The molecule has 2 heterocycles. The molecule has 2 aromatic carbocycles. The van der Waals surface area contributed by atoms with Crippen molar-refractivity contribution in [3.63, 3.8) is 0 Å². The Kier molecular flexibility index (Phi) is 5.68. The van der Waals surface area contributed by atoms with E-state index in [9.17, 15) is 9.90 Å². The molecule has 0 amide bonds. The van der Waals surface area contributed by atoms with Gasteiger partial charge in [-0.15, -0.1) is 0 Å². The molecule has 0 spiro atoms. The summed E-state index contributed by atoms with van der Waals surface area (Å²) in [6.07, 6.45) is 8.48. The second-order valence-electron chi connectivity index (χ2n) is 9.53. The van der Waals surface area contributed by atoms with Crippen molar-refractivity contribution < 1.29 is 14.6 Å². The van der Waals surface area contributed by atoms with E-state index in [1.54, 1.807) is 19.2 Å². The number of nitrogens with one attached hydrogen (secondary N) is 1. The third kappa shape index (κ3) is 3.79. The number of carboxylic acids is 1. The quantitative estimate of drug-likeness (QED) is 0.506. The molecule has 0 radical (unpaired) electrons. The van der Waals surface area contributed by atoms with Crippen LogP contribution < -0.4 is 4.74 Å². The lowest BCUT2D eigenvalue weighted by Gasteiger charge is -2.45. The van der Waals surface area contributed by atoms with Crippen molar-refractivity contribution in [3.8, 4) is 5.75 Å². The van der Waals surface area contributed by atoms with Crippen LogP contribution >= 0.6 is 0 Å². The third-order valence-corrected chi connectivity index (χ3v) is 7.81. The number of hydrogen-bond acceptors (Lipinski definition) is 3. The van der Waals surface area contributed by atoms with Crippen LogP contribution in [0.4, 0.5) is 0 Å². The van der Waals surface area contributed by atoms with Crippen LogP contribution in [-0.4, -0.2) is 34.6 Å². The smallest absolute Gasteiger partial charge is 0.335 e. The molecular formula is C27H32N2O3. The van der Waals surface area contributed by atoms with E-state index in [-0.39, 0.29) is 6.04 Å². The summed E-state index contributed by atoms with van der Waals surface area (Å²) in [6.45, 7) is 3.98. The van der Waals surface area contributed by atoms with Crippen LogP contribution in [0.2, 0.25) is 0 Å². The fourth-order valence-corrected chi connectivity index (χ4v) is 5.75. The monoisotopic (exact) mass is 432 g/mol. The number of nitrogens with zero attached hydrogens (tertiary/aromatic N) is 1. The summed E-state index contributed by atoms with van der Waals surface area (Å²) >= 11 is 0. The molecule has 5 nitrogen and oxygen atoms in total. The van der Waals surface area contributed by atoms with Crippen LogP contribution in [0.15, 0.2) is 42.6 Å².